The minimum absolute atomic E-state index is 0.0687. The Morgan fingerprint density at radius 2 is 2.05 bits per heavy atom. The predicted octanol–water partition coefficient (Wildman–Crippen LogP) is 2.19. The molecule has 0 saturated heterocycles. The first-order chi connectivity index (χ1) is 9.78. The summed E-state index contributed by atoms with van der Waals surface area (Å²) in [5, 5.41) is 0. The second kappa shape index (κ2) is 4.62. The maximum Gasteiger partial charge on any atom is 0.405 e. The molecule has 4 nitrogen and oxygen atoms in total. The van der Waals surface area contributed by atoms with Gasteiger partial charge in [0.2, 0.25) is 5.91 Å². The average Bonchev–Trinajstić information content (AvgIpc) is 3.22. The van der Waals surface area contributed by atoms with Crippen LogP contribution in [0.2, 0.25) is 0 Å². The zero-order chi connectivity index (χ0) is 15.4. The molecular formula is C14H16F3N3O. The Bertz CT molecular complexity index is 583. The van der Waals surface area contributed by atoms with Crippen LogP contribution in [0, 0.1) is 0 Å². The van der Waals surface area contributed by atoms with Crippen molar-refractivity contribution in [3.05, 3.63) is 23.8 Å². The first kappa shape index (κ1) is 14.2. The van der Waals surface area contributed by atoms with Crippen LogP contribution in [0.25, 0.3) is 0 Å². The van der Waals surface area contributed by atoms with Crippen LogP contribution in [0.4, 0.5) is 24.5 Å². The molecular weight excluding hydrogens is 283 g/mol. The number of likely N-dealkylation sites (N-methyl/N-ethyl adjacent to an activating group) is 1. The molecule has 2 aliphatic rings. The van der Waals surface area contributed by atoms with E-state index in [2.05, 4.69) is 0 Å². The maximum absolute atomic E-state index is 12.7. The second-order valence-electron chi connectivity index (χ2n) is 5.59. The van der Waals surface area contributed by atoms with Gasteiger partial charge in [-0.2, -0.15) is 13.2 Å². The van der Waals surface area contributed by atoms with E-state index in [0.717, 1.165) is 12.8 Å². The molecule has 21 heavy (non-hydrogen) atoms. The Morgan fingerprint density at radius 3 is 2.62 bits per heavy atom. The summed E-state index contributed by atoms with van der Waals surface area (Å²) in [6.45, 7) is -0.972. The molecule has 1 fully saturated rings. The Balaban J connectivity index is 1.94. The lowest BCUT2D eigenvalue weighted by atomic mass is 10.1. The number of carbonyl (C=O) groups is 1. The number of alkyl halides is 3. The summed E-state index contributed by atoms with van der Waals surface area (Å²) >= 11 is 0. The third kappa shape index (κ3) is 2.57. The molecule has 1 unspecified atom stereocenters. The molecule has 7 heteroatoms. The van der Waals surface area contributed by atoms with Gasteiger partial charge < -0.3 is 15.5 Å². The van der Waals surface area contributed by atoms with Crippen LogP contribution in [0.5, 0.6) is 0 Å². The van der Waals surface area contributed by atoms with Gasteiger partial charge in [0, 0.05) is 24.3 Å². The largest absolute Gasteiger partial charge is 0.405 e. The number of amides is 1. The van der Waals surface area contributed by atoms with Crippen LogP contribution in [0.15, 0.2) is 18.2 Å². The molecule has 1 aromatic rings. The summed E-state index contributed by atoms with van der Waals surface area (Å²) < 4.78 is 38.2. The summed E-state index contributed by atoms with van der Waals surface area (Å²) in [5.41, 5.74) is 7.54. The van der Waals surface area contributed by atoms with E-state index in [9.17, 15) is 18.0 Å². The number of nitrogens with two attached hydrogens (primary N) is 1. The van der Waals surface area contributed by atoms with E-state index in [1.165, 1.54) is 9.80 Å². The number of carbonyl (C=O) groups excluding carboxylic acids is 1. The molecule has 3 rings (SSSR count). The molecule has 1 amide bonds. The predicted molar refractivity (Wildman–Crippen MR) is 73.2 cm³/mol. The highest BCUT2D eigenvalue weighted by atomic mass is 19.4. The minimum atomic E-state index is -4.25. The molecule has 114 valence electrons. The molecule has 1 atom stereocenters. The van der Waals surface area contributed by atoms with E-state index < -0.39 is 18.8 Å². The molecule has 1 aliphatic carbocycles. The van der Waals surface area contributed by atoms with E-state index >= 15 is 0 Å². The third-order valence-corrected chi connectivity index (χ3v) is 3.98. The van der Waals surface area contributed by atoms with Crippen LogP contribution in [-0.2, 0) is 4.79 Å². The number of benzene rings is 1. The fraction of sp³-hybridized carbons (Fsp3) is 0.500. The van der Waals surface area contributed by atoms with Crippen molar-refractivity contribution < 1.29 is 18.0 Å². The van der Waals surface area contributed by atoms with Crippen molar-refractivity contribution in [2.75, 3.05) is 23.4 Å². The summed E-state index contributed by atoms with van der Waals surface area (Å²) in [5.74, 6) is -0.240. The van der Waals surface area contributed by atoms with Crippen molar-refractivity contribution in [1.29, 1.82) is 0 Å². The van der Waals surface area contributed by atoms with Crippen molar-refractivity contribution in [1.82, 2.24) is 0 Å². The van der Waals surface area contributed by atoms with Crippen molar-refractivity contribution in [2.45, 2.75) is 31.1 Å². The van der Waals surface area contributed by atoms with Crippen molar-refractivity contribution in [3.63, 3.8) is 0 Å². The van der Waals surface area contributed by atoms with Gasteiger partial charge in [0.25, 0.3) is 0 Å². The number of nitrogens with zero attached hydrogens (tertiary/aromatic N) is 2. The van der Waals surface area contributed by atoms with Crippen LogP contribution < -0.4 is 15.5 Å². The molecule has 1 saturated carbocycles. The van der Waals surface area contributed by atoms with Gasteiger partial charge in [0.15, 0.2) is 0 Å². The number of anilines is 2. The van der Waals surface area contributed by atoms with E-state index in [0.29, 0.717) is 16.9 Å². The molecule has 1 aromatic carbocycles. The van der Waals surface area contributed by atoms with Crippen LogP contribution in [0.3, 0.4) is 0 Å². The van der Waals surface area contributed by atoms with Gasteiger partial charge in [-0.1, -0.05) is 6.07 Å². The molecule has 1 aliphatic heterocycles. The van der Waals surface area contributed by atoms with E-state index in [-0.39, 0.29) is 11.9 Å². The van der Waals surface area contributed by atoms with E-state index in [1.807, 2.05) is 0 Å². The maximum atomic E-state index is 12.7. The summed E-state index contributed by atoms with van der Waals surface area (Å²) in [6.07, 6.45) is -2.72. The smallest absolute Gasteiger partial charge is 0.359 e. The monoisotopic (exact) mass is 299 g/mol. The number of hydrogen-bond acceptors (Lipinski definition) is 3. The number of hydrogen-bond donors (Lipinski definition) is 1. The SMILES string of the molecule is CN1C(=O)C(N)c2ccc(N(CC(F)(F)F)C3CC3)cc21. The molecule has 2 N–H and O–H groups in total. The number of fused-ring (bicyclic) bond motifs is 1. The Labute approximate surface area is 120 Å². The van der Waals surface area contributed by atoms with Crippen molar-refractivity contribution in [3.8, 4) is 0 Å². The van der Waals surface area contributed by atoms with Crippen LogP contribution in [0.1, 0.15) is 24.4 Å². The van der Waals surface area contributed by atoms with Gasteiger partial charge >= 0.3 is 6.18 Å². The molecule has 0 bridgehead atoms. The first-order valence-electron chi connectivity index (χ1n) is 6.78. The van der Waals surface area contributed by atoms with Gasteiger partial charge in [-0.05, 0) is 25.0 Å². The number of rotatable bonds is 3. The molecule has 1 heterocycles. The zero-order valence-electron chi connectivity index (χ0n) is 11.5. The van der Waals surface area contributed by atoms with E-state index in [1.54, 1.807) is 25.2 Å². The van der Waals surface area contributed by atoms with Gasteiger partial charge in [-0.25, -0.2) is 0 Å². The molecule has 0 aromatic heterocycles. The molecule has 0 radical (unpaired) electrons. The van der Waals surface area contributed by atoms with Crippen molar-refractivity contribution in [2.24, 2.45) is 5.73 Å². The van der Waals surface area contributed by atoms with Gasteiger partial charge in [0.1, 0.15) is 12.6 Å². The second-order valence-corrected chi connectivity index (χ2v) is 5.59. The fourth-order valence-corrected chi connectivity index (χ4v) is 2.74. The van der Waals surface area contributed by atoms with Crippen molar-refractivity contribution >= 4 is 17.3 Å². The normalized spacial score (nSPS) is 21.7. The highest BCUT2D eigenvalue weighted by Crippen LogP contribution is 2.40. The average molecular weight is 299 g/mol. The number of halogens is 3. The standard InChI is InChI=1S/C14H16F3N3O/c1-19-11-6-9(4-5-10(11)12(18)13(19)21)20(8-2-3-8)7-14(15,16)17/h4-6,8,12H,2-3,7,18H2,1H3. The summed E-state index contributed by atoms with van der Waals surface area (Å²) in [7, 11) is 1.59. The quantitative estimate of drug-likeness (QED) is 0.931. The van der Waals surface area contributed by atoms with Gasteiger partial charge in [0.05, 0.1) is 5.69 Å². The Hall–Kier alpha value is -1.76. The third-order valence-electron chi connectivity index (χ3n) is 3.98. The Morgan fingerprint density at radius 1 is 1.38 bits per heavy atom. The lowest BCUT2D eigenvalue weighted by molar-refractivity contribution is -0.120. The fourth-order valence-electron chi connectivity index (χ4n) is 2.74. The lowest BCUT2D eigenvalue weighted by Gasteiger charge is -2.26. The highest BCUT2D eigenvalue weighted by Gasteiger charge is 2.39. The first-order valence-corrected chi connectivity index (χ1v) is 6.78. The summed E-state index contributed by atoms with van der Waals surface area (Å²) in [4.78, 5) is 14.6. The highest BCUT2D eigenvalue weighted by molar-refractivity contribution is 6.04. The molecule has 0 spiro atoms. The Kier molecular flexibility index (Phi) is 3.12. The van der Waals surface area contributed by atoms with Crippen LogP contribution >= 0.6 is 0 Å². The minimum Gasteiger partial charge on any atom is -0.359 e. The summed E-state index contributed by atoms with van der Waals surface area (Å²) in [6, 6.07) is 4.11. The lowest BCUT2D eigenvalue weighted by Crippen LogP contribution is -2.36. The van der Waals surface area contributed by atoms with Gasteiger partial charge in [-0.3, -0.25) is 4.79 Å². The van der Waals surface area contributed by atoms with Gasteiger partial charge in [-0.15, -0.1) is 0 Å². The zero-order valence-corrected chi connectivity index (χ0v) is 11.5. The van der Waals surface area contributed by atoms with Crippen LogP contribution in [-0.4, -0.2) is 31.7 Å². The van der Waals surface area contributed by atoms with E-state index in [4.69, 9.17) is 5.73 Å². The topological polar surface area (TPSA) is 49.6 Å².